The van der Waals surface area contributed by atoms with E-state index in [1.807, 2.05) is 18.2 Å². The van der Waals surface area contributed by atoms with Gasteiger partial charge in [-0.2, -0.15) is 13.2 Å². The summed E-state index contributed by atoms with van der Waals surface area (Å²) in [6, 6.07) is 7.88. The molecule has 1 saturated carbocycles. The number of methoxy groups -OCH3 is 2. The number of carbonyl (C=O) groups is 1. The third kappa shape index (κ3) is 6.83. The Bertz CT molecular complexity index is 957. The monoisotopic (exact) mass is 468 g/mol. The predicted octanol–water partition coefficient (Wildman–Crippen LogP) is 4.94. The molecule has 33 heavy (non-hydrogen) atoms. The van der Waals surface area contributed by atoms with E-state index < -0.39 is 23.5 Å². The highest BCUT2D eigenvalue weighted by molar-refractivity contribution is 5.94. The Morgan fingerprint density at radius 2 is 1.76 bits per heavy atom. The second kappa shape index (κ2) is 10.9. The molecule has 5 nitrogen and oxygen atoms in total. The quantitative estimate of drug-likeness (QED) is 0.539. The van der Waals surface area contributed by atoms with E-state index in [0.29, 0.717) is 31.3 Å². The van der Waals surface area contributed by atoms with Crippen LogP contribution >= 0.6 is 0 Å². The summed E-state index contributed by atoms with van der Waals surface area (Å²) >= 11 is 0. The van der Waals surface area contributed by atoms with Crippen LogP contribution in [0.4, 0.5) is 17.6 Å². The summed E-state index contributed by atoms with van der Waals surface area (Å²) in [5.41, 5.74) is -0.472. The molecule has 0 radical (unpaired) electrons. The molecule has 1 amide bonds. The van der Waals surface area contributed by atoms with Gasteiger partial charge in [0.1, 0.15) is 17.3 Å². The zero-order chi connectivity index (χ0) is 24.0. The van der Waals surface area contributed by atoms with Crippen molar-refractivity contribution in [3.63, 3.8) is 0 Å². The van der Waals surface area contributed by atoms with Crippen molar-refractivity contribution in [2.24, 2.45) is 5.92 Å². The number of halogens is 4. The number of nitrogens with one attached hydrogen (secondary N) is 2. The van der Waals surface area contributed by atoms with Gasteiger partial charge in [-0.25, -0.2) is 4.39 Å². The lowest BCUT2D eigenvalue weighted by Crippen LogP contribution is -2.36. The lowest BCUT2D eigenvalue weighted by atomic mass is 9.86. The summed E-state index contributed by atoms with van der Waals surface area (Å²) in [7, 11) is 3.22. The Hall–Kier alpha value is -2.81. The Balaban J connectivity index is 1.46. The molecule has 9 heteroatoms. The van der Waals surface area contributed by atoms with Gasteiger partial charge in [0.05, 0.1) is 19.8 Å². The number of hydrogen-bond acceptors (Lipinski definition) is 4. The Morgan fingerprint density at radius 3 is 2.39 bits per heavy atom. The second-order valence-corrected chi connectivity index (χ2v) is 8.21. The van der Waals surface area contributed by atoms with E-state index in [1.165, 1.54) is 0 Å². The van der Waals surface area contributed by atoms with Gasteiger partial charge in [-0.1, -0.05) is 6.07 Å². The number of rotatable bonds is 8. The molecular weight excluding hydrogens is 440 g/mol. The number of hydrogen-bond donors (Lipinski definition) is 2. The van der Waals surface area contributed by atoms with Crippen molar-refractivity contribution in [2.75, 3.05) is 20.8 Å². The fourth-order valence-corrected chi connectivity index (χ4v) is 4.05. The van der Waals surface area contributed by atoms with Gasteiger partial charge < -0.3 is 20.1 Å². The molecule has 3 rings (SSSR count). The van der Waals surface area contributed by atoms with E-state index in [9.17, 15) is 22.4 Å². The maximum atomic E-state index is 13.5. The van der Waals surface area contributed by atoms with Crippen LogP contribution in [0, 0.1) is 11.7 Å². The molecule has 0 spiro atoms. The van der Waals surface area contributed by atoms with Gasteiger partial charge in [0.2, 0.25) is 0 Å². The average molecular weight is 468 g/mol. The fourth-order valence-electron chi connectivity index (χ4n) is 4.05. The van der Waals surface area contributed by atoms with Gasteiger partial charge >= 0.3 is 6.18 Å². The van der Waals surface area contributed by atoms with Crippen molar-refractivity contribution in [2.45, 2.75) is 44.4 Å². The number of amides is 1. The standard InChI is InChI=1S/C24H28F4N2O3/c1-32-21-8-5-16(22(12-21)33-2)14-29-20-6-3-15(4-7-20)13-30-23(31)17-9-18(24(26,27)28)11-19(25)10-17/h5,8-12,15,20,29H,3-4,6-7,13-14H2,1-2H3,(H,30,31). The topological polar surface area (TPSA) is 59.6 Å². The molecule has 0 atom stereocenters. The average Bonchev–Trinajstić information content (AvgIpc) is 2.80. The lowest BCUT2D eigenvalue weighted by molar-refractivity contribution is -0.137. The van der Waals surface area contributed by atoms with Crippen LogP contribution in [-0.2, 0) is 12.7 Å². The molecule has 0 unspecified atom stereocenters. The zero-order valence-corrected chi connectivity index (χ0v) is 18.6. The van der Waals surface area contributed by atoms with E-state index in [4.69, 9.17) is 9.47 Å². The number of benzene rings is 2. The van der Waals surface area contributed by atoms with Crippen LogP contribution in [0.3, 0.4) is 0 Å². The molecule has 180 valence electrons. The van der Waals surface area contributed by atoms with Crippen molar-refractivity contribution in [3.8, 4) is 11.5 Å². The van der Waals surface area contributed by atoms with E-state index in [-0.39, 0.29) is 11.5 Å². The molecule has 2 aromatic rings. The normalized spacial score (nSPS) is 18.6. The summed E-state index contributed by atoms with van der Waals surface area (Å²) in [4.78, 5) is 12.3. The molecular formula is C24H28F4N2O3. The Labute approximate surface area is 190 Å². The Kier molecular flexibility index (Phi) is 8.18. The van der Waals surface area contributed by atoms with Crippen molar-refractivity contribution in [1.29, 1.82) is 0 Å². The summed E-state index contributed by atoms with van der Waals surface area (Å²) in [5.74, 6) is -0.0876. The van der Waals surface area contributed by atoms with Crippen LogP contribution in [-0.4, -0.2) is 32.7 Å². The number of ether oxygens (including phenoxy) is 2. The summed E-state index contributed by atoms with van der Waals surface area (Å²) in [5, 5.41) is 6.18. The van der Waals surface area contributed by atoms with Crippen LogP contribution in [0.2, 0.25) is 0 Å². The van der Waals surface area contributed by atoms with Gasteiger partial charge in [0.25, 0.3) is 5.91 Å². The minimum absolute atomic E-state index is 0.221. The Morgan fingerprint density at radius 1 is 1.03 bits per heavy atom. The smallest absolute Gasteiger partial charge is 0.416 e. The molecule has 0 aromatic heterocycles. The van der Waals surface area contributed by atoms with E-state index in [1.54, 1.807) is 14.2 Å². The largest absolute Gasteiger partial charge is 0.497 e. The molecule has 1 fully saturated rings. The highest BCUT2D eigenvalue weighted by Crippen LogP contribution is 2.31. The first-order valence-corrected chi connectivity index (χ1v) is 10.8. The van der Waals surface area contributed by atoms with E-state index in [2.05, 4.69) is 10.6 Å². The third-order valence-corrected chi connectivity index (χ3v) is 5.96. The lowest BCUT2D eigenvalue weighted by Gasteiger charge is -2.29. The zero-order valence-electron chi connectivity index (χ0n) is 18.6. The second-order valence-electron chi connectivity index (χ2n) is 8.21. The van der Waals surface area contributed by atoms with Crippen molar-refractivity contribution >= 4 is 5.91 Å². The van der Waals surface area contributed by atoms with E-state index in [0.717, 1.165) is 48.8 Å². The van der Waals surface area contributed by atoms with Crippen LogP contribution in [0.25, 0.3) is 0 Å². The molecule has 0 heterocycles. The van der Waals surface area contributed by atoms with Crippen LogP contribution in [0.5, 0.6) is 11.5 Å². The highest BCUT2D eigenvalue weighted by Gasteiger charge is 2.32. The van der Waals surface area contributed by atoms with Crippen molar-refractivity contribution < 1.29 is 31.8 Å². The summed E-state index contributed by atoms with van der Waals surface area (Å²) in [6.07, 6.45) is -1.14. The molecule has 0 aliphatic heterocycles. The predicted molar refractivity (Wildman–Crippen MR) is 116 cm³/mol. The number of carbonyl (C=O) groups excluding carboxylic acids is 1. The number of alkyl halides is 3. The molecule has 2 N–H and O–H groups in total. The van der Waals surface area contributed by atoms with Gasteiger partial charge in [-0.3, -0.25) is 4.79 Å². The highest BCUT2D eigenvalue weighted by atomic mass is 19.4. The van der Waals surface area contributed by atoms with Crippen LogP contribution < -0.4 is 20.1 Å². The molecule has 0 bridgehead atoms. The van der Waals surface area contributed by atoms with Crippen molar-refractivity contribution in [3.05, 3.63) is 58.9 Å². The molecule has 1 aliphatic rings. The minimum atomic E-state index is -4.71. The van der Waals surface area contributed by atoms with Gasteiger partial charge in [0.15, 0.2) is 0 Å². The van der Waals surface area contributed by atoms with Gasteiger partial charge in [0, 0.05) is 36.3 Å². The van der Waals surface area contributed by atoms with Gasteiger partial charge in [-0.15, -0.1) is 0 Å². The van der Waals surface area contributed by atoms with E-state index >= 15 is 0 Å². The first-order valence-electron chi connectivity index (χ1n) is 10.8. The summed E-state index contributed by atoms with van der Waals surface area (Å²) < 4.78 is 62.7. The molecule has 1 aliphatic carbocycles. The first-order chi connectivity index (χ1) is 15.7. The van der Waals surface area contributed by atoms with Crippen LogP contribution in [0.1, 0.15) is 47.2 Å². The maximum Gasteiger partial charge on any atom is 0.416 e. The fraction of sp³-hybridized carbons (Fsp3) is 0.458. The maximum absolute atomic E-state index is 13.5. The van der Waals surface area contributed by atoms with Gasteiger partial charge in [-0.05, 0) is 55.9 Å². The van der Waals surface area contributed by atoms with Crippen molar-refractivity contribution in [1.82, 2.24) is 10.6 Å². The molecule has 0 saturated heterocycles. The summed E-state index contributed by atoms with van der Waals surface area (Å²) in [6.45, 7) is 0.996. The SMILES string of the molecule is COc1ccc(CNC2CCC(CNC(=O)c3cc(F)cc(C(F)(F)F)c3)CC2)c(OC)c1. The first kappa shape index (κ1) is 24.8. The minimum Gasteiger partial charge on any atom is -0.497 e. The third-order valence-electron chi connectivity index (χ3n) is 5.96. The molecule has 2 aromatic carbocycles. The van der Waals surface area contributed by atoms with Crippen LogP contribution in [0.15, 0.2) is 36.4 Å².